The van der Waals surface area contributed by atoms with E-state index in [1.54, 1.807) is 67.6 Å². The van der Waals surface area contributed by atoms with Gasteiger partial charge in [-0.2, -0.15) is 0 Å². The van der Waals surface area contributed by atoms with Crippen LogP contribution in [0.25, 0.3) is 0 Å². The highest BCUT2D eigenvalue weighted by atomic mass is 35.5. The number of anilines is 1. The van der Waals surface area contributed by atoms with E-state index in [0.29, 0.717) is 28.5 Å². The summed E-state index contributed by atoms with van der Waals surface area (Å²) in [6.07, 6.45) is 1.01. The Morgan fingerprint density at radius 3 is 2.20 bits per heavy atom. The summed E-state index contributed by atoms with van der Waals surface area (Å²) in [6, 6.07) is 18.4. The molecule has 0 spiro atoms. The number of amides is 2. The summed E-state index contributed by atoms with van der Waals surface area (Å²) >= 11 is 12.4. The van der Waals surface area contributed by atoms with Crippen LogP contribution in [0.5, 0.6) is 5.75 Å². The van der Waals surface area contributed by atoms with E-state index in [1.165, 1.54) is 24.1 Å². The van der Waals surface area contributed by atoms with E-state index in [4.69, 9.17) is 27.9 Å². The molecule has 0 saturated heterocycles. The van der Waals surface area contributed by atoms with Crippen molar-refractivity contribution in [1.29, 1.82) is 0 Å². The summed E-state index contributed by atoms with van der Waals surface area (Å²) in [6.45, 7) is 5.06. The van der Waals surface area contributed by atoms with E-state index in [2.05, 4.69) is 5.32 Å². The molecule has 0 unspecified atom stereocenters. The zero-order valence-corrected chi connectivity index (χ0v) is 25.8. The summed E-state index contributed by atoms with van der Waals surface area (Å²) in [5.41, 5.74) is 0.830. The number of benzene rings is 3. The number of halogens is 2. The molecule has 220 valence electrons. The lowest BCUT2D eigenvalue weighted by Crippen LogP contribution is -2.53. The smallest absolute Gasteiger partial charge is 0.264 e. The molecule has 0 aliphatic carbocycles. The van der Waals surface area contributed by atoms with E-state index >= 15 is 0 Å². The topological polar surface area (TPSA) is 96.0 Å². The second kappa shape index (κ2) is 14.6. The number of hydrogen-bond donors (Lipinski definition) is 1. The summed E-state index contributed by atoms with van der Waals surface area (Å²) in [5, 5.41) is 3.60. The fourth-order valence-corrected chi connectivity index (χ4v) is 6.03. The van der Waals surface area contributed by atoms with Gasteiger partial charge in [-0.15, -0.1) is 0 Å². The van der Waals surface area contributed by atoms with Crippen LogP contribution in [0.2, 0.25) is 10.0 Å². The average Bonchev–Trinajstić information content (AvgIpc) is 2.97. The van der Waals surface area contributed by atoms with Gasteiger partial charge in [0.1, 0.15) is 18.3 Å². The lowest BCUT2D eigenvalue weighted by molar-refractivity contribution is -0.140. The Morgan fingerprint density at radius 2 is 1.59 bits per heavy atom. The van der Waals surface area contributed by atoms with Crippen molar-refractivity contribution in [2.75, 3.05) is 18.0 Å². The van der Waals surface area contributed by atoms with Crippen LogP contribution in [0.1, 0.15) is 39.2 Å². The number of nitrogens with zero attached hydrogens (tertiary/aromatic N) is 2. The van der Waals surface area contributed by atoms with E-state index in [9.17, 15) is 18.0 Å². The number of para-hydroxylation sites is 2. The lowest BCUT2D eigenvalue weighted by Gasteiger charge is -2.34. The molecule has 0 saturated carbocycles. The highest BCUT2D eigenvalue weighted by Crippen LogP contribution is 2.33. The van der Waals surface area contributed by atoms with Crippen LogP contribution in [0.4, 0.5) is 5.69 Å². The second-order valence-electron chi connectivity index (χ2n) is 9.51. The molecule has 11 heteroatoms. The third-order valence-electron chi connectivity index (χ3n) is 6.69. The summed E-state index contributed by atoms with van der Waals surface area (Å²) in [5.74, 6) is -0.630. The molecule has 0 aliphatic rings. The molecule has 3 aromatic carbocycles. The zero-order chi connectivity index (χ0) is 30.2. The second-order valence-corrected chi connectivity index (χ2v) is 12.2. The van der Waals surface area contributed by atoms with Gasteiger partial charge in [0.2, 0.25) is 11.8 Å². The fourth-order valence-electron chi connectivity index (χ4n) is 4.26. The van der Waals surface area contributed by atoms with Gasteiger partial charge in [-0.3, -0.25) is 13.9 Å². The number of methoxy groups -OCH3 is 1. The highest BCUT2D eigenvalue weighted by molar-refractivity contribution is 7.92. The molecule has 0 radical (unpaired) electrons. The first kappa shape index (κ1) is 32.2. The van der Waals surface area contributed by atoms with Crippen molar-refractivity contribution in [1.82, 2.24) is 10.2 Å². The van der Waals surface area contributed by atoms with E-state index in [0.717, 1.165) is 4.31 Å². The minimum absolute atomic E-state index is 0.00725. The molecular weight excluding hydrogens is 585 g/mol. The van der Waals surface area contributed by atoms with Crippen molar-refractivity contribution < 1.29 is 22.7 Å². The Morgan fingerprint density at radius 1 is 0.927 bits per heavy atom. The molecular formula is C30H35Cl2N3O5S. The number of nitrogens with one attached hydrogen (secondary N) is 1. The quantitative estimate of drug-likeness (QED) is 0.256. The number of carbonyl (C=O) groups excluding carboxylic acids is 2. The normalized spacial score (nSPS) is 12.7. The fraction of sp³-hybridized carbons (Fsp3) is 0.333. The molecule has 8 nitrogen and oxygen atoms in total. The van der Waals surface area contributed by atoms with Crippen LogP contribution in [-0.4, -0.2) is 50.9 Å². The van der Waals surface area contributed by atoms with Crippen molar-refractivity contribution in [2.24, 2.45) is 0 Å². The number of sulfonamides is 1. The first-order chi connectivity index (χ1) is 19.5. The molecule has 2 amide bonds. The van der Waals surface area contributed by atoms with Crippen molar-refractivity contribution in [3.8, 4) is 5.75 Å². The van der Waals surface area contributed by atoms with Gasteiger partial charge in [-0.05, 0) is 61.7 Å². The monoisotopic (exact) mass is 619 g/mol. The van der Waals surface area contributed by atoms with Crippen LogP contribution in [0.3, 0.4) is 0 Å². The van der Waals surface area contributed by atoms with Crippen LogP contribution in [0.15, 0.2) is 77.7 Å². The minimum Gasteiger partial charge on any atom is -0.495 e. The molecule has 0 bridgehead atoms. The maximum Gasteiger partial charge on any atom is 0.264 e. The minimum atomic E-state index is -4.21. The van der Waals surface area contributed by atoms with Gasteiger partial charge in [0.25, 0.3) is 10.0 Å². The van der Waals surface area contributed by atoms with Gasteiger partial charge in [0, 0.05) is 12.6 Å². The largest absolute Gasteiger partial charge is 0.495 e. The van der Waals surface area contributed by atoms with Crippen molar-refractivity contribution in [3.05, 3.63) is 88.4 Å². The molecule has 0 aromatic heterocycles. The van der Waals surface area contributed by atoms with Crippen LogP contribution in [-0.2, 0) is 26.2 Å². The maximum atomic E-state index is 14.2. The third kappa shape index (κ3) is 7.93. The number of rotatable bonds is 13. The van der Waals surface area contributed by atoms with Crippen LogP contribution < -0.4 is 14.4 Å². The van der Waals surface area contributed by atoms with Gasteiger partial charge in [0.05, 0.1) is 27.7 Å². The average molecular weight is 621 g/mol. The predicted octanol–water partition coefficient (Wildman–Crippen LogP) is 5.92. The summed E-state index contributed by atoms with van der Waals surface area (Å²) < 4.78 is 34.4. The highest BCUT2D eigenvalue weighted by Gasteiger charge is 2.35. The molecule has 0 aliphatic heterocycles. The van der Waals surface area contributed by atoms with E-state index in [1.807, 2.05) is 13.8 Å². The Bertz CT molecular complexity index is 1450. The SMILES string of the molecule is CC[C@@H](C)NC(=O)[C@H](CC)N(Cc1ccc(Cl)c(Cl)c1)C(=O)CN(c1ccccc1OC)S(=O)(=O)c1ccccc1. The maximum absolute atomic E-state index is 14.2. The third-order valence-corrected chi connectivity index (χ3v) is 9.20. The standard InChI is InChI=1S/C30H35Cl2N3O5S/c1-5-21(3)33-30(37)26(6-2)34(19-22-16-17-24(31)25(32)18-22)29(36)20-35(27-14-10-11-15-28(27)40-4)41(38,39)23-12-8-7-9-13-23/h7-18,21,26H,5-6,19-20H2,1-4H3,(H,33,37)/t21-,26+/m1/s1. The molecule has 41 heavy (non-hydrogen) atoms. The first-order valence-corrected chi connectivity index (χ1v) is 15.5. The van der Waals surface area contributed by atoms with E-state index < -0.39 is 28.5 Å². The van der Waals surface area contributed by atoms with Crippen molar-refractivity contribution >= 4 is 50.7 Å². The van der Waals surface area contributed by atoms with Crippen LogP contribution >= 0.6 is 23.2 Å². The van der Waals surface area contributed by atoms with Gasteiger partial charge < -0.3 is 15.0 Å². The Labute approximate surface area is 252 Å². The van der Waals surface area contributed by atoms with Gasteiger partial charge in [-0.1, -0.05) is 73.4 Å². The van der Waals surface area contributed by atoms with Gasteiger partial charge in [-0.25, -0.2) is 8.42 Å². The molecule has 3 aromatic rings. The van der Waals surface area contributed by atoms with Gasteiger partial charge >= 0.3 is 0 Å². The first-order valence-electron chi connectivity index (χ1n) is 13.3. The Balaban J connectivity index is 2.10. The molecule has 3 rings (SSSR count). The number of ether oxygens (including phenoxy) is 1. The Hall–Kier alpha value is -3.27. The van der Waals surface area contributed by atoms with Crippen molar-refractivity contribution in [3.63, 3.8) is 0 Å². The summed E-state index contributed by atoms with van der Waals surface area (Å²) in [4.78, 5) is 28.9. The van der Waals surface area contributed by atoms with Crippen LogP contribution in [0, 0.1) is 0 Å². The predicted molar refractivity (Wildman–Crippen MR) is 163 cm³/mol. The van der Waals surface area contributed by atoms with Gasteiger partial charge in [0.15, 0.2) is 0 Å². The molecule has 0 heterocycles. The van der Waals surface area contributed by atoms with Crippen molar-refractivity contribution in [2.45, 2.75) is 57.1 Å². The number of hydrogen-bond acceptors (Lipinski definition) is 5. The summed E-state index contributed by atoms with van der Waals surface area (Å²) in [7, 11) is -2.78. The zero-order valence-electron chi connectivity index (χ0n) is 23.5. The molecule has 0 fully saturated rings. The van der Waals surface area contributed by atoms with E-state index in [-0.39, 0.29) is 34.8 Å². The lowest BCUT2D eigenvalue weighted by atomic mass is 10.1. The Kier molecular flexibility index (Phi) is 11.5. The molecule has 2 atom stereocenters. The number of carbonyl (C=O) groups is 2. The molecule has 1 N–H and O–H groups in total.